The van der Waals surface area contributed by atoms with Crippen molar-refractivity contribution >= 4 is 17.9 Å². The summed E-state index contributed by atoms with van der Waals surface area (Å²) < 4.78 is 16.8. The topological polar surface area (TPSA) is 78.9 Å². The Morgan fingerprint density at radius 3 is 1.03 bits per heavy atom. The van der Waals surface area contributed by atoms with Gasteiger partial charge in [-0.3, -0.25) is 14.4 Å². The number of unbranched alkanes of at least 4 members (excludes halogenated alkanes) is 23. The molecule has 0 bridgehead atoms. The van der Waals surface area contributed by atoms with Gasteiger partial charge in [0.2, 0.25) is 0 Å². The highest BCUT2D eigenvalue weighted by Gasteiger charge is 2.19. The van der Waals surface area contributed by atoms with Crippen LogP contribution in [0, 0.1) is 0 Å². The van der Waals surface area contributed by atoms with Crippen molar-refractivity contribution in [2.24, 2.45) is 0 Å². The Bertz CT molecular complexity index is 1270. The molecule has 0 N–H and O–H groups in total. The summed E-state index contributed by atoms with van der Waals surface area (Å²) >= 11 is 0. The van der Waals surface area contributed by atoms with Crippen LogP contribution in [-0.4, -0.2) is 37.2 Å². The lowest BCUT2D eigenvalue weighted by atomic mass is 10.1. The van der Waals surface area contributed by atoms with Gasteiger partial charge in [-0.1, -0.05) is 228 Å². The van der Waals surface area contributed by atoms with E-state index in [-0.39, 0.29) is 37.5 Å². The van der Waals surface area contributed by atoms with Crippen LogP contribution < -0.4 is 0 Å². The van der Waals surface area contributed by atoms with Crippen molar-refractivity contribution in [3.63, 3.8) is 0 Å². The zero-order chi connectivity index (χ0) is 47.2. The maximum Gasteiger partial charge on any atom is 0.306 e. The summed E-state index contributed by atoms with van der Waals surface area (Å²) in [7, 11) is 0. The lowest BCUT2D eigenvalue weighted by Crippen LogP contribution is -2.30. The third kappa shape index (κ3) is 51.4. The lowest BCUT2D eigenvalue weighted by Gasteiger charge is -2.18. The third-order valence-electron chi connectivity index (χ3n) is 11.4. The highest BCUT2D eigenvalue weighted by molar-refractivity contribution is 5.71. The molecule has 1 atom stereocenters. The van der Waals surface area contributed by atoms with Crippen LogP contribution in [0.4, 0.5) is 0 Å². The van der Waals surface area contributed by atoms with Gasteiger partial charge >= 0.3 is 17.9 Å². The Labute approximate surface area is 401 Å². The molecule has 0 aromatic heterocycles. The van der Waals surface area contributed by atoms with Gasteiger partial charge in [0.05, 0.1) is 0 Å². The minimum Gasteiger partial charge on any atom is -0.462 e. The Morgan fingerprint density at radius 1 is 0.323 bits per heavy atom. The molecule has 0 aliphatic rings. The van der Waals surface area contributed by atoms with E-state index in [4.69, 9.17) is 14.2 Å². The van der Waals surface area contributed by atoms with Crippen LogP contribution in [-0.2, 0) is 28.6 Å². The Hall–Kier alpha value is -3.41. The van der Waals surface area contributed by atoms with E-state index >= 15 is 0 Å². The Kier molecular flexibility index (Phi) is 50.4. The molecule has 6 heteroatoms. The zero-order valence-corrected chi connectivity index (χ0v) is 42.5. The van der Waals surface area contributed by atoms with Crippen molar-refractivity contribution in [1.82, 2.24) is 0 Å². The van der Waals surface area contributed by atoms with Gasteiger partial charge in [-0.15, -0.1) is 0 Å². The number of hydrogen-bond donors (Lipinski definition) is 0. The largest absolute Gasteiger partial charge is 0.462 e. The smallest absolute Gasteiger partial charge is 0.306 e. The molecule has 0 saturated heterocycles. The molecule has 0 amide bonds. The predicted molar refractivity (Wildman–Crippen MR) is 279 cm³/mol. The van der Waals surface area contributed by atoms with Crippen molar-refractivity contribution in [3.05, 3.63) is 85.1 Å². The quantitative estimate of drug-likeness (QED) is 0.0262. The van der Waals surface area contributed by atoms with E-state index in [2.05, 4.69) is 106 Å². The Balaban J connectivity index is 4.44. The summed E-state index contributed by atoms with van der Waals surface area (Å²) in [6, 6.07) is 0. The molecule has 372 valence electrons. The SMILES string of the molecule is CC/C=C\C/C=C\C/C=C\C/C=C\C/C=C\CCCC(=O)OC[C@H](COC(=O)CCCCCCCCCCCCC)OC(=O)CCCCCCCCCCC/C=C\C/C=C\CCCCC. The summed E-state index contributed by atoms with van der Waals surface area (Å²) in [4.78, 5) is 38.0. The number of hydrogen-bond acceptors (Lipinski definition) is 6. The third-order valence-corrected chi connectivity index (χ3v) is 11.4. The van der Waals surface area contributed by atoms with E-state index in [0.717, 1.165) is 83.5 Å². The second-order valence-corrected chi connectivity index (χ2v) is 17.8. The zero-order valence-electron chi connectivity index (χ0n) is 42.5. The van der Waals surface area contributed by atoms with Crippen LogP contribution in [0.15, 0.2) is 85.1 Å². The first-order valence-electron chi connectivity index (χ1n) is 27.1. The maximum absolute atomic E-state index is 12.8. The summed E-state index contributed by atoms with van der Waals surface area (Å²) in [5.74, 6) is -0.958. The van der Waals surface area contributed by atoms with Crippen LogP contribution >= 0.6 is 0 Å². The normalized spacial score (nSPS) is 12.7. The molecule has 0 aromatic rings. The van der Waals surface area contributed by atoms with Crippen molar-refractivity contribution in [2.45, 2.75) is 258 Å². The first-order chi connectivity index (χ1) is 32.0. The monoisotopic (exact) mass is 905 g/mol. The molecule has 0 spiro atoms. The fourth-order valence-electron chi connectivity index (χ4n) is 7.33. The summed E-state index contributed by atoms with van der Waals surface area (Å²) in [5, 5.41) is 0. The number of allylic oxidation sites excluding steroid dienone is 14. The van der Waals surface area contributed by atoms with Gasteiger partial charge in [-0.25, -0.2) is 0 Å². The number of rotatable bonds is 48. The highest BCUT2D eigenvalue weighted by atomic mass is 16.6. The second kappa shape index (κ2) is 53.2. The van der Waals surface area contributed by atoms with Crippen molar-refractivity contribution in [1.29, 1.82) is 0 Å². The highest BCUT2D eigenvalue weighted by Crippen LogP contribution is 2.15. The molecule has 0 saturated carbocycles. The molecule has 0 aliphatic carbocycles. The fourth-order valence-corrected chi connectivity index (χ4v) is 7.33. The van der Waals surface area contributed by atoms with Crippen LogP contribution in [0.1, 0.15) is 252 Å². The predicted octanol–water partition coefficient (Wildman–Crippen LogP) is 18.0. The van der Waals surface area contributed by atoms with Crippen molar-refractivity contribution < 1.29 is 28.6 Å². The first kappa shape index (κ1) is 61.6. The number of esters is 3. The Morgan fingerprint density at radius 2 is 0.615 bits per heavy atom. The molecule has 0 fully saturated rings. The average Bonchev–Trinajstić information content (AvgIpc) is 3.30. The van der Waals surface area contributed by atoms with Crippen LogP contribution in [0.5, 0.6) is 0 Å². The molecule has 0 aliphatic heterocycles. The molecule has 6 nitrogen and oxygen atoms in total. The summed E-state index contributed by atoms with van der Waals surface area (Å²) in [5.41, 5.74) is 0. The van der Waals surface area contributed by atoms with Gasteiger partial charge in [0.1, 0.15) is 13.2 Å². The van der Waals surface area contributed by atoms with Gasteiger partial charge < -0.3 is 14.2 Å². The second-order valence-electron chi connectivity index (χ2n) is 17.8. The van der Waals surface area contributed by atoms with Gasteiger partial charge in [-0.05, 0) is 89.9 Å². The average molecular weight is 905 g/mol. The molecule has 0 heterocycles. The van der Waals surface area contributed by atoms with Crippen LogP contribution in [0.3, 0.4) is 0 Å². The molecule has 65 heavy (non-hydrogen) atoms. The van der Waals surface area contributed by atoms with E-state index in [1.165, 1.54) is 122 Å². The summed E-state index contributed by atoms with van der Waals surface area (Å²) in [6.07, 6.45) is 68.6. The van der Waals surface area contributed by atoms with Crippen molar-refractivity contribution in [2.75, 3.05) is 13.2 Å². The molecule has 0 radical (unpaired) electrons. The first-order valence-corrected chi connectivity index (χ1v) is 27.1. The fraction of sp³-hybridized carbons (Fsp3) is 0.712. The number of carbonyl (C=O) groups excluding carboxylic acids is 3. The molecular formula is C59H100O6. The van der Waals surface area contributed by atoms with Gasteiger partial charge in [-0.2, -0.15) is 0 Å². The lowest BCUT2D eigenvalue weighted by molar-refractivity contribution is -0.167. The maximum atomic E-state index is 12.8. The molecule has 0 rings (SSSR count). The molecular weight excluding hydrogens is 805 g/mol. The summed E-state index contributed by atoms with van der Waals surface area (Å²) in [6.45, 7) is 6.45. The van der Waals surface area contributed by atoms with E-state index < -0.39 is 6.10 Å². The van der Waals surface area contributed by atoms with E-state index in [9.17, 15) is 14.4 Å². The number of ether oxygens (including phenoxy) is 3. The van der Waals surface area contributed by atoms with Crippen LogP contribution in [0.25, 0.3) is 0 Å². The standard InChI is InChI=1S/C59H100O6/c1-4-7-10-13-16-19-22-24-26-28-29-31-33-35-38-41-44-47-50-53-59(62)65-56(54-63-57(60)51-48-45-42-39-36-21-18-15-12-9-6-3)55-64-58(61)52-49-46-43-40-37-34-32-30-27-25-23-20-17-14-11-8-5-2/h8,11,16-17,19-20,24-27,32,34,40,43,56H,4-7,9-10,12-15,18,21-23,28-31,33,35-39,41-42,44-55H2,1-3H3/b11-8-,19-16-,20-17-,26-24-,27-25-,34-32-,43-40-/t56-/m0/s1. The van der Waals surface area contributed by atoms with E-state index in [1.54, 1.807) is 0 Å². The minimum absolute atomic E-state index is 0.0945. The minimum atomic E-state index is -0.800. The molecule has 0 unspecified atom stereocenters. The van der Waals surface area contributed by atoms with E-state index in [0.29, 0.717) is 19.3 Å². The van der Waals surface area contributed by atoms with Crippen molar-refractivity contribution in [3.8, 4) is 0 Å². The van der Waals surface area contributed by atoms with Gasteiger partial charge in [0.15, 0.2) is 6.10 Å². The van der Waals surface area contributed by atoms with Crippen LogP contribution in [0.2, 0.25) is 0 Å². The van der Waals surface area contributed by atoms with Gasteiger partial charge in [0, 0.05) is 19.3 Å². The molecule has 0 aromatic carbocycles. The number of carbonyl (C=O) groups is 3. The van der Waals surface area contributed by atoms with E-state index in [1.807, 2.05) is 0 Å². The van der Waals surface area contributed by atoms with Gasteiger partial charge in [0.25, 0.3) is 0 Å².